The molecule has 1 aromatic heterocycles. The smallest absolute Gasteiger partial charge is 0.260 e. The third kappa shape index (κ3) is 5.13. The van der Waals surface area contributed by atoms with E-state index in [4.69, 9.17) is 4.42 Å². The Morgan fingerprint density at radius 1 is 1.44 bits per heavy atom. The van der Waals surface area contributed by atoms with E-state index in [1.165, 1.54) is 24.4 Å². The van der Waals surface area contributed by atoms with E-state index in [0.717, 1.165) is 16.8 Å². The number of benzene rings is 1. The van der Waals surface area contributed by atoms with E-state index in [0.29, 0.717) is 15.8 Å². The SMILES string of the molecule is Cc1oc(/C=N\NC(=O)CN(c2ccccc2F)S(C)(=O)=O)cc1Br. The van der Waals surface area contributed by atoms with Gasteiger partial charge in [-0.1, -0.05) is 12.1 Å². The summed E-state index contributed by atoms with van der Waals surface area (Å²) < 4.78 is 44.3. The van der Waals surface area contributed by atoms with Gasteiger partial charge in [-0.2, -0.15) is 5.10 Å². The molecular formula is C15H15BrFN3O4S. The molecule has 10 heteroatoms. The highest BCUT2D eigenvalue weighted by Crippen LogP contribution is 2.21. The van der Waals surface area contributed by atoms with E-state index >= 15 is 0 Å². The van der Waals surface area contributed by atoms with Crippen LogP contribution in [0.4, 0.5) is 10.1 Å². The number of anilines is 1. The molecule has 0 aliphatic heterocycles. The maximum Gasteiger partial charge on any atom is 0.260 e. The Morgan fingerprint density at radius 3 is 2.68 bits per heavy atom. The molecule has 134 valence electrons. The van der Waals surface area contributed by atoms with Gasteiger partial charge in [0.25, 0.3) is 5.91 Å². The number of nitrogens with zero attached hydrogens (tertiary/aromatic N) is 2. The summed E-state index contributed by atoms with van der Waals surface area (Å²) >= 11 is 3.27. The topological polar surface area (TPSA) is 92.0 Å². The first-order valence-corrected chi connectivity index (χ1v) is 9.62. The van der Waals surface area contributed by atoms with Crippen molar-refractivity contribution >= 4 is 43.8 Å². The van der Waals surface area contributed by atoms with Crippen LogP contribution < -0.4 is 9.73 Å². The number of rotatable bonds is 6. The van der Waals surface area contributed by atoms with Gasteiger partial charge in [-0.3, -0.25) is 9.10 Å². The Morgan fingerprint density at radius 2 is 2.12 bits per heavy atom. The third-order valence-electron chi connectivity index (χ3n) is 3.07. The van der Waals surface area contributed by atoms with Crippen molar-refractivity contribution in [3.8, 4) is 0 Å². The fraction of sp³-hybridized carbons (Fsp3) is 0.200. The number of carbonyl (C=O) groups excluding carboxylic acids is 1. The number of carbonyl (C=O) groups is 1. The molecule has 1 amide bonds. The maximum absolute atomic E-state index is 13.8. The molecule has 0 aliphatic rings. The van der Waals surface area contributed by atoms with Gasteiger partial charge in [0.2, 0.25) is 10.0 Å². The van der Waals surface area contributed by atoms with Crippen molar-refractivity contribution in [2.45, 2.75) is 6.92 Å². The molecule has 0 spiro atoms. The van der Waals surface area contributed by atoms with Crippen molar-refractivity contribution in [2.75, 3.05) is 17.1 Å². The second-order valence-electron chi connectivity index (χ2n) is 5.07. The fourth-order valence-electron chi connectivity index (χ4n) is 1.91. The number of halogens is 2. The fourth-order valence-corrected chi connectivity index (χ4v) is 3.08. The third-order valence-corrected chi connectivity index (χ3v) is 4.98. The Bertz CT molecular complexity index is 892. The molecule has 7 nitrogen and oxygen atoms in total. The van der Waals surface area contributed by atoms with Gasteiger partial charge in [-0.05, 0) is 35.0 Å². The van der Waals surface area contributed by atoms with E-state index in [9.17, 15) is 17.6 Å². The number of furan rings is 1. The van der Waals surface area contributed by atoms with Crippen molar-refractivity contribution in [1.82, 2.24) is 5.43 Å². The summed E-state index contributed by atoms with van der Waals surface area (Å²) in [4.78, 5) is 12.0. The normalized spacial score (nSPS) is 11.7. The Kier molecular flexibility index (Phi) is 5.96. The monoisotopic (exact) mass is 431 g/mol. The number of sulfonamides is 1. The molecule has 0 fully saturated rings. The lowest BCUT2D eigenvalue weighted by molar-refractivity contribution is -0.119. The molecule has 0 atom stereocenters. The van der Waals surface area contributed by atoms with E-state index in [1.54, 1.807) is 13.0 Å². The highest BCUT2D eigenvalue weighted by molar-refractivity contribution is 9.10. The molecular weight excluding hydrogens is 417 g/mol. The number of hydrogen-bond donors (Lipinski definition) is 1. The van der Waals surface area contributed by atoms with E-state index in [-0.39, 0.29) is 5.69 Å². The van der Waals surface area contributed by atoms with E-state index < -0.39 is 28.3 Å². The van der Waals surface area contributed by atoms with Crippen molar-refractivity contribution < 1.29 is 22.0 Å². The molecule has 1 aromatic carbocycles. The molecule has 0 saturated carbocycles. The van der Waals surface area contributed by atoms with Gasteiger partial charge in [0.1, 0.15) is 23.9 Å². The molecule has 2 rings (SSSR count). The molecule has 0 aliphatic carbocycles. The van der Waals surface area contributed by atoms with Gasteiger partial charge >= 0.3 is 0 Å². The van der Waals surface area contributed by atoms with Crippen LogP contribution in [0.15, 0.2) is 44.3 Å². The lowest BCUT2D eigenvalue weighted by atomic mass is 10.3. The molecule has 1 N–H and O–H groups in total. The zero-order chi connectivity index (χ0) is 18.6. The van der Waals surface area contributed by atoms with Crippen LogP contribution in [-0.4, -0.2) is 33.3 Å². The molecule has 1 heterocycles. The first-order valence-electron chi connectivity index (χ1n) is 6.98. The molecule has 0 bridgehead atoms. The van der Waals surface area contributed by atoms with Gasteiger partial charge in [-0.15, -0.1) is 0 Å². The highest BCUT2D eigenvalue weighted by atomic mass is 79.9. The minimum absolute atomic E-state index is 0.213. The quantitative estimate of drug-likeness (QED) is 0.561. The predicted molar refractivity (Wildman–Crippen MR) is 95.5 cm³/mol. The summed E-state index contributed by atoms with van der Waals surface area (Å²) in [7, 11) is -3.86. The summed E-state index contributed by atoms with van der Waals surface area (Å²) in [6, 6.07) is 6.95. The Balaban J connectivity index is 2.09. The van der Waals surface area contributed by atoms with Crippen LogP contribution in [0.25, 0.3) is 0 Å². The van der Waals surface area contributed by atoms with E-state index in [2.05, 4.69) is 26.5 Å². The van der Waals surface area contributed by atoms with Crippen LogP contribution in [0.3, 0.4) is 0 Å². The van der Waals surface area contributed by atoms with E-state index in [1.807, 2.05) is 0 Å². The zero-order valence-electron chi connectivity index (χ0n) is 13.4. The number of para-hydroxylation sites is 1. The zero-order valence-corrected chi connectivity index (χ0v) is 15.8. The van der Waals surface area contributed by atoms with Crippen LogP contribution in [0.5, 0.6) is 0 Å². The first kappa shape index (κ1) is 19.1. The minimum Gasteiger partial charge on any atom is -0.459 e. The summed E-state index contributed by atoms with van der Waals surface area (Å²) in [5, 5.41) is 3.69. The summed E-state index contributed by atoms with van der Waals surface area (Å²) in [5.74, 6) is -0.429. The molecule has 0 unspecified atom stereocenters. The summed E-state index contributed by atoms with van der Waals surface area (Å²) in [6.45, 7) is 1.14. The van der Waals surface area contributed by atoms with Crippen LogP contribution in [-0.2, 0) is 14.8 Å². The number of hydrazone groups is 1. The van der Waals surface area contributed by atoms with Crippen molar-refractivity contribution in [3.63, 3.8) is 0 Å². The van der Waals surface area contributed by atoms with Crippen molar-refractivity contribution in [1.29, 1.82) is 0 Å². The molecule has 0 radical (unpaired) electrons. The average Bonchev–Trinajstić information content (AvgIpc) is 2.83. The summed E-state index contributed by atoms with van der Waals surface area (Å²) in [5.41, 5.74) is 1.97. The predicted octanol–water partition coefficient (Wildman–Crippen LogP) is 2.41. The van der Waals surface area contributed by atoms with Crippen molar-refractivity contribution in [2.24, 2.45) is 5.10 Å². The van der Waals surface area contributed by atoms with Crippen LogP contribution >= 0.6 is 15.9 Å². The van der Waals surface area contributed by atoms with Crippen LogP contribution in [0.2, 0.25) is 0 Å². The number of amides is 1. The van der Waals surface area contributed by atoms with Crippen molar-refractivity contribution in [3.05, 3.63) is 52.1 Å². The Labute approximate surface area is 152 Å². The highest BCUT2D eigenvalue weighted by Gasteiger charge is 2.23. The average molecular weight is 432 g/mol. The van der Waals surface area contributed by atoms with Gasteiger partial charge < -0.3 is 4.42 Å². The van der Waals surface area contributed by atoms with Gasteiger partial charge in [0, 0.05) is 6.07 Å². The second kappa shape index (κ2) is 7.79. The first-order chi connectivity index (χ1) is 11.7. The lowest BCUT2D eigenvalue weighted by Crippen LogP contribution is -2.39. The minimum atomic E-state index is -3.86. The van der Waals surface area contributed by atoms with Gasteiger partial charge in [-0.25, -0.2) is 18.2 Å². The maximum atomic E-state index is 13.8. The van der Waals surface area contributed by atoms with Gasteiger partial charge in [0.05, 0.1) is 22.6 Å². The largest absolute Gasteiger partial charge is 0.459 e. The number of hydrogen-bond acceptors (Lipinski definition) is 5. The lowest BCUT2D eigenvalue weighted by Gasteiger charge is -2.21. The van der Waals surface area contributed by atoms with Crippen LogP contribution in [0, 0.1) is 12.7 Å². The number of aryl methyl sites for hydroxylation is 1. The van der Waals surface area contributed by atoms with Gasteiger partial charge in [0.15, 0.2) is 0 Å². The second-order valence-corrected chi connectivity index (χ2v) is 7.83. The van der Waals surface area contributed by atoms with Crippen LogP contribution in [0.1, 0.15) is 11.5 Å². The molecule has 2 aromatic rings. The number of nitrogens with one attached hydrogen (secondary N) is 1. The molecule has 0 saturated heterocycles. The Hall–Kier alpha value is -2.20. The summed E-state index contributed by atoms with van der Waals surface area (Å²) in [6.07, 6.45) is 2.16. The molecule has 25 heavy (non-hydrogen) atoms. The standard InChI is InChI=1S/C15H15BrFN3O4S/c1-10-12(16)7-11(24-10)8-18-19-15(21)9-20(25(2,22)23)14-6-4-3-5-13(14)17/h3-8H,9H2,1-2H3,(H,19,21)/b18-8-.